The molecular weight excluding hydrogens is 314 g/mol. The van der Waals surface area contributed by atoms with Crippen molar-refractivity contribution in [2.45, 2.75) is 26.2 Å². The van der Waals surface area contributed by atoms with Gasteiger partial charge < -0.3 is 10.1 Å². The predicted octanol–water partition coefficient (Wildman–Crippen LogP) is 4.18. The van der Waals surface area contributed by atoms with E-state index >= 15 is 0 Å². The molecule has 0 aliphatic rings. The number of benzene rings is 2. The average molecular weight is 337 g/mol. The number of amides is 1. The van der Waals surface area contributed by atoms with E-state index in [0.717, 1.165) is 11.1 Å². The number of carbonyl (C=O) groups is 2. The number of nitrogens with one attached hydrogen (secondary N) is 1. The molecule has 0 spiro atoms. The van der Waals surface area contributed by atoms with Crippen molar-refractivity contribution in [2.75, 3.05) is 11.9 Å². The highest BCUT2D eigenvalue weighted by molar-refractivity contribution is 5.98. The molecule has 0 heterocycles. The molecule has 2 rings (SSSR count). The number of ether oxygens (including phenoxy) is 1. The Balaban J connectivity index is 2.03. The summed E-state index contributed by atoms with van der Waals surface area (Å²) in [5.74, 6) is -0.446. The molecule has 0 aliphatic carbocycles. The fourth-order valence-corrected chi connectivity index (χ4v) is 2.31. The van der Waals surface area contributed by atoms with Crippen LogP contribution in [0.25, 0.3) is 6.08 Å². The summed E-state index contributed by atoms with van der Waals surface area (Å²) >= 11 is 0. The number of carbonyl (C=O) groups excluding carboxylic acids is 2. The molecule has 1 N–H and O–H groups in total. The molecule has 0 bridgehead atoms. The van der Waals surface area contributed by atoms with Crippen molar-refractivity contribution in [1.82, 2.24) is 0 Å². The maximum absolute atomic E-state index is 12.6. The third kappa shape index (κ3) is 5.05. The molecule has 25 heavy (non-hydrogen) atoms. The zero-order valence-electron chi connectivity index (χ0n) is 14.8. The minimum absolute atomic E-state index is 0.0754. The standard InChI is InChI=1S/C21H23NO3/c1-4-25-19(23)15-12-16-10-13-18(14-11-16)22-20(24)21(2,3)17-8-6-5-7-9-17/h5-15H,4H2,1-3H3,(H,22,24)/b15-12+. The SMILES string of the molecule is CCOC(=O)/C=C/c1ccc(NC(=O)C(C)(C)c2ccccc2)cc1. The molecule has 2 aromatic carbocycles. The van der Waals surface area contributed by atoms with Gasteiger partial charge in [-0.05, 0) is 50.1 Å². The van der Waals surface area contributed by atoms with E-state index < -0.39 is 5.41 Å². The molecular formula is C21H23NO3. The van der Waals surface area contributed by atoms with Crippen LogP contribution in [0.5, 0.6) is 0 Å². The summed E-state index contributed by atoms with van der Waals surface area (Å²) in [6.07, 6.45) is 3.06. The van der Waals surface area contributed by atoms with Crippen LogP contribution < -0.4 is 5.32 Å². The highest BCUT2D eigenvalue weighted by atomic mass is 16.5. The molecule has 0 aliphatic heterocycles. The molecule has 0 unspecified atom stereocenters. The van der Waals surface area contributed by atoms with Crippen LogP contribution in [0.4, 0.5) is 5.69 Å². The van der Waals surface area contributed by atoms with Gasteiger partial charge in [-0.15, -0.1) is 0 Å². The third-order valence-corrected chi connectivity index (χ3v) is 3.93. The Morgan fingerprint density at radius 2 is 1.68 bits per heavy atom. The largest absolute Gasteiger partial charge is 0.463 e. The molecule has 1 amide bonds. The van der Waals surface area contributed by atoms with Crippen LogP contribution in [-0.2, 0) is 19.7 Å². The summed E-state index contributed by atoms with van der Waals surface area (Å²) in [7, 11) is 0. The van der Waals surface area contributed by atoms with E-state index in [4.69, 9.17) is 4.74 Å². The molecule has 0 aromatic heterocycles. The lowest BCUT2D eigenvalue weighted by atomic mass is 9.83. The molecule has 4 heteroatoms. The van der Waals surface area contributed by atoms with Gasteiger partial charge in [-0.2, -0.15) is 0 Å². The Bertz CT molecular complexity index is 746. The van der Waals surface area contributed by atoms with Gasteiger partial charge in [0.2, 0.25) is 5.91 Å². The van der Waals surface area contributed by atoms with E-state index in [1.807, 2.05) is 68.4 Å². The fourth-order valence-electron chi connectivity index (χ4n) is 2.31. The maximum atomic E-state index is 12.6. The van der Waals surface area contributed by atoms with Crippen LogP contribution in [0.1, 0.15) is 31.9 Å². The van der Waals surface area contributed by atoms with Gasteiger partial charge in [-0.1, -0.05) is 42.5 Å². The van der Waals surface area contributed by atoms with Crippen molar-refractivity contribution in [3.8, 4) is 0 Å². The van der Waals surface area contributed by atoms with Crippen LogP contribution in [0, 0.1) is 0 Å². The Morgan fingerprint density at radius 3 is 2.28 bits per heavy atom. The van der Waals surface area contributed by atoms with E-state index in [2.05, 4.69) is 5.32 Å². The molecule has 0 saturated heterocycles. The summed E-state index contributed by atoms with van der Waals surface area (Å²) in [6.45, 7) is 5.91. The van der Waals surface area contributed by atoms with Crippen molar-refractivity contribution >= 4 is 23.6 Å². The molecule has 2 aromatic rings. The molecule has 0 fully saturated rings. The summed E-state index contributed by atoms with van der Waals surface area (Å²) < 4.78 is 4.84. The van der Waals surface area contributed by atoms with Gasteiger partial charge in [0, 0.05) is 11.8 Å². The Hall–Kier alpha value is -2.88. The first-order valence-electron chi connectivity index (χ1n) is 8.25. The van der Waals surface area contributed by atoms with Crippen molar-refractivity contribution < 1.29 is 14.3 Å². The lowest BCUT2D eigenvalue weighted by molar-refractivity contribution is -0.137. The van der Waals surface area contributed by atoms with Crippen molar-refractivity contribution in [1.29, 1.82) is 0 Å². The highest BCUT2D eigenvalue weighted by Gasteiger charge is 2.29. The molecule has 4 nitrogen and oxygen atoms in total. The zero-order valence-corrected chi connectivity index (χ0v) is 14.8. The van der Waals surface area contributed by atoms with Crippen LogP contribution >= 0.6 is 0 Å². The minimum atomic E-state index is -0.635. The topological polar surface area (TPSA) is 55.4 Å². The molecule has 130 valence electrons. The first-order valence-corrected chi connectivity index (χ1v) is 8.25. The second-order valence-electron chi connectivity index (χ2n) is 6.15. The van der Waals surface area contributed by atoms with Gasteiger partial charge in [0.25, 0.3) is 0 Å². The Morgan fingerprint density at radius 1 is 1.04 bits per heavy atom. The fraction of sp³-hybridized carbons (Fsp3) is 0.238. The van der Waals surface area contributed by atoms with Gasteiger partial charge in [0.05, 0.1) is 12.0 Å². The van der Waals surface area contributed by atoms with Crippen LogP contribution in [0.2, 0.25) is 0 Å². The number of hydrogen-bond donors (Lipinski definition) is 1. The Kier molecular flexibility index (Phi) is 6.12. The minimum Gasteiger partial charge on any atom is -0.463 e. The molecule has 0 saturated carbocycles. The quantitative estimate of drug-likeness (QED) is 0.635. The van der Waals surface area contributed by atoms with Crippen LogP contribution in [0.15, 0.2) is 60.7 Å². The summed E-state index contributed by atoms with van der Waals surface area (Å²) in [4.78, 5) is 23.9. The summed E-state index contributed by atoms with van der Waals surface area (Å²) in [6, 6.07) is 17.0. The van der Waals surface area contributed by atoms with E-state index in [1.165, 1.54) is 6.08 Å². The van der Waals surface area contributed by atoms with Crippen molar-refractivity contribution in [3.63, 3.8) is 0 Å². The van der Waals surface area contributed by atoms with Gasteiger partial charge >= 0.3 is 5.97 Å². The van der Waals surface area contributed by atoms with E-state index in [1.54, 1.807) is 13.0 Å². The second-order valence-corrected chi connectivity index (χ2v) is 6.15. The van der Waals surface area contributed by atoms with Gasteiger partial charge in [0.1, 0.15) is 0 Å². The van der Waals surface area contributed by atoms with Crippen LogP contribution in [-0.4, -0.2) is 18.5 Å². The lowest BCUT2D eigenvalue weighted by Gasteiger charge is -2.24. The summed E-state index contributed by atoms with van der Waals surface area (Å²) in [5, 5.41) is 2.94. The maximum Gasteiger partial charge on any atom is 0.330 e. The van der Waals surface area contributed by atoms with Gasteiger partial charge in [0.15, 0.2) is 0 Å². The van der Waals surface area contributed by atoms with Gasteiger partial charge in [-0.3, -0.25) is 4.79 Å². The van der Waals surface area contributed by atoms with E-state index in [-0.39, 0.29) is 11.9 Å². The van der Waals surface area contributed by atoms with E-state index in [0.29, 0.717) is 12.3 Å². The third-order valence-electron chi connectivity index (χ3n) is 3.93. The van der Waals surface area contributed by atoms with Gasteiger partial charge in [-0.25, -0.2) is 4.79 Å². The first-order chi connectivity index (χ1) is 11.9. The van der Waals surface area contributed by atoms with Crippen molar-refractivity contribution in [3.05, 3.63) is 71.8 Å². The number of anilines is 1. The van der Waals surface area contributed by atoms with Crippen LogP contribution in [0.3, 0.4) is 0 Å². The first kappa shape index (κ1) is 18.5. The lowest BCUT2D eigenvalue weighted by Crippen LogP contribution is -2.34. The summed E-state index contributed by atoms with van der Waals surface area (Å²) in [5.41, 5.74) is 1.89. The second kappa shape index (κ2) is 8.29. The number of esters is 1. The monoisotopic (exact) mass is 337 g/mol. The predicted molar refractivity (Wildman–Crippen MR) is 100 cm³/mol. The normalized spacial score (nSPS) is 11.3. The number of hydrogen-bond acceptors (Lipinski definition) is 3. The Labute approximate surface area is 148 Å². The smallest absolute Gasteiger partial charge is 0.330 e. The van der Waals surface area contributed by atoms with E-state index in [9.17, 15) is 9.59 Å². The number of rotatable bonds is 6. The van der Waals surface area contributed by atoms with Crippen molar-refractivity contribution in [2.24, 2.45) is 0 Å². The molecule has 0 atom stereocenters. The average Bonchev–Trinajstić information content (AvgIpc) is 2.62. The highest BCUT2D eigenvalue weighted by Crippen LogP contribution is 2.25. The zero-order chi connectivity index (χ0) is 18.3. The molecule has 0 radical (unpaired) electrons.